The van der Waals surface area contributed by atoms with Crippen molar-refractivity contribution >= 4 is 29.1 Å². The summed E-state index contributed by atoms with van der Waals surface area (Å²) in [5, 5.41) is 3.43. The third-order valence-corrected chi connectivity index (χ3v) is 4.74. The quantitative estimate of drug-likeness (QED) is 0.880. The van der Waals surface area contributed by atoms with E-state index in [1.807, 2.05) is 30.9 Å². The Morgan fingerprint density at radius 1 is 1.26 bits per heavy atom. The molecule has 0 radical (unpaired) electrons. The molecule has 2 amide bonds. The van der Waals surface area contributed by atoms with Crippen LogP contribution in [-0.4, -0.2) is 29.3 Å². The van der Waals surface area contributed by atoms with Crippen LogP contribution in [0.2, 0.25) is 5.02 Å². The van der Waals surface area contributed by atoms with Gasteiger partial charge in [0.05, 0.1) is 10.7 Å². The lowest BCUT2D eigenvalue weighted by Crippen LogP contribution is -2.39. The lowest BCUT2D eigenvalue weighted by atomic mass is 10.1. The molecule has 0 bridgehead atoms. The molecule has 1 aromatic carbocycles. The SMILES string of the molecule is CC(=O)N(CCC(=O)Nc1c(C)cc(C)cc1Cl)C1CCCC1. The maximum atomic E-state index is 12.2. The van der Waals surface area contributed by atoms with Crippen molar-refractivity contribution in [2.45, 2.75) is 58.9 Å². The fraction of sp³-hybridized carbons (Fsp3) is 0.556. The number of nitrogens with one attached hydrogen (secondary N) is 1. The Balaban J connectivity index is 1.95. The highest BCUT2D eigenvalue weighted by Gasteiger charge is 2.24. The van der Waals surface area contributed by atoms with E-state index in [9.17, 15) is 9.59 Å². The summed E-state index contributed by atoms with van der Waals surface area (Å²) in [6.07, 6.45) is 4.71. The molecule has 0 aliphatic heterocycles. The molecule has 1 aliphatic rings. The summed E-state index contributed by atoms with van der Waals surface area (Å²) in [7, 11) is 0. The number of hydrogen-bond acceptors (Lipinski definition) is 2. The van der Waals surface area contributed by atoms with E-state index in [2.05, 4.69) is 5.32 Å². The van der Waals surface area contributed by atoms with Gasteiger partial charge in [0, 0.05) is 25.9 Å². The average molecular weight is 337 g/mol. The van der Waals surface area contributed by atoms with Gasteiger partial charge in [-0.1, -0.05) is 30.5 Å². The number of rotatable bonds is 5. The highest BCUT2D eigenvalue weighted by molar-refractivity contribution is 6.34. The maximum Gasteiger partial charge on any atom is 0.226 e. The summed E-state index contributed by atoms with van der Waals surface area (Å²) in [6, 6.07) is 4.12. The van der Waals surface area contributed by atoms with E-state index >= 15 is 0 Å². The monoisotopic (exact) mass is 336 g/mol. The van der Waals surface area contributed by atoms with Crippen LogP contribution in [-0.2, 0) is 9.59 Å². The molecular weight excluding hydrogens is 312 g/mol. The average Bonchev–Trinajstić information content (AvgIpc) is 2.96. The van der Waals surface area contributed by atoms with Gasteiger partial charge in [0.2, 0.25) is 11.8 Å². The maximum absolute atomic E-state index is 12.2. The number of carbonyl (C=O) groups excluding carboxylic acids is 2. The zero-order chi connectivity index (χ0) is 17.0. The molecule has 0 aromatic heterocycles. The molecule has 0 unspecified atom stereocenters. The number of hydrogen-bond donors (Lipinski definition) is 1. The zero-order valence-corrected chi connectivity index (χ0v) is 14.9. The molecule has 1 fully saturated rings. The molecule has 5 heteroatoms. The van der Waals surface area contributed by atoms with Crippen molar-refractivity contribution in [2.24, 2.45) is 0 Å². The second-order valence-electron chi connectivity index (χ2n) is 6.39. The Bertz CT molecular complexity index is 572. The summed E-state index contributed by atoms with van der Waals surface area (Å²) in [5.41, 5.74) is 2.68. The molecule has 4 nitrogen and oxygen atoms in total. The van der Waals surface area contributed by atoms with Crippen LogP contribution in [0.1, 0.15) is 50.2 Å². The molecule has 0 atom stereocenters. The van der Waals surface area contributed by atoms with Crippen molar-refractivity contribution in [1.82, 2.24) is 4.90 Å². The van der Waals surface area contributed by atoms with Crippen LogP contribution in [0.5, 0.6) is 0 Å². The molecule has 0 saturated heterocycles. The largest absolute Gasteiger partial charge is 0.339 e. The molecule has 0 spiro atoms. The van der Waals surface area contributed by atoms with Gasteiger partial charge in [-0.2, -0.15) is 0 Å². The Hall–Kier alpha value is -1.55. The molecule has 1 aliphatic carbocycles. The molecule has 0 heterocycles. The number of benzene rings is 1. The number of amides is 2. The first kappa shape index (κ1) is 17.8. The van der Waals surface area contributed by atoms with Crippen LogP contribution in [0.4, 0.5) is 5.69 Å². The standard InChI is InChI=1S/C18H25ClN2O2/c1-12-10-13(2)18(16(19)11-12)20-17(23)8-9-21(14(3)22)15-6-4-5-7-15/h10-11,15H,4-9H2,1-3H3,(H,20,23). The summed E-state index contributed by atoms with van der Waals surface area (Å²) >= 11 is 6.22. The first-order valence-corrected chi connectivity index (χ1v) is 8.60. The molecule has 126 valence electrons. The van der Waals surface area contributed by atoms with Gasteiger partial charge < -0.3 is 10.2 Å². The van der Waals surface area contributed by atoms with Gasteiger partial charge in [-0.3, -0.25) is 9.59 Å². The van der Waals surface area contributed by atoms with Gasteiger partial charge in [-0.05, 0) is 43.9 Å². The minimum absolute atomic E-state index is 0.0502. The van der Waals surface area contributed by atoms with Gasteiger partial charge in [0.1, 0.15) is 0 Å². The Labute approximate surface area is 143 Å². The van der Waals surface area contributed by atoms with Crippen LogP contribution in [0.3, 0.4) is 0 Å². The molecule has 1 aromatic rings. The van der Waals surface area contributed by atoms with Crippen molar-refractivity contribution in [3.63, 3.8) is 0 Å². The minimum atomic E-state index is -0.108. The first-order valence-electron chi connectivity index (χ1n) is 8.22. The number of anilines is 1. The third-order valence-electron chi connectivity index (χ3n) is 4.45. The van der Waals surface area contributed by atoms with Crippen LogP contribution in [0.15, 0.2) is 12.1 Å². The van der Waals surface area contributed by atoms with E-state index in [0.717, 1.165) is 24.0 Å². The molecular formula is C18H25ClN2O2. The highest BCUT2D eigenvalue weighted by Crippen LogP contribution is 2.28. The molecule has 1 N–H and O–H groups in total. The molecule has 23 heavy (non-hydrogen) atoms. The smallest absolute Gasteiger partial charge is 0.226 e. The zero-order valence-electron chi connectivity index (χ0n) is 14.1. The van der Waals surface area contributed by atoms with Crippen LogP contribution in [0, 0.1) is 13.8 Å². The summed E-state index contributed by atoms with van der Waals surface area (Å²) in [6.45, 7) is 5.94. The van der Waals surface area contributed by atoms with E-state index in [1.165, 1.54) is 12.8 Å². The van der Waals surface area contributed by atoms with Crippen LogP contribution in [0.25, 0.3) is 0 Å². The topological polar surface area (TPSA) is 49.4 Å². The van der Waals surface area contributed by atoms with E-state index in [0.29, 0.717) is 29.7 Å². The van der Waals surface area contributed by atoms with E-state index in [4.69, 9.17) is 11.6 Å². The molecule has 2 rings (SSSR count). The van der Waals surface area contributed by atoms with Gasteiger partial charge in [-0.25, -0.2) is 0 Å². The fourth-order valence-electron chi connectivity index (χ4n) is 3.31. The van der Waals surface area contributed by atoms with E-state index in [-0.39, 0.29) is 11.8 Å². The minimum Gasteiger partial charge on any atom is -0.339 e. The van der Waals surface area contributed by atoms with Gasteiger partial charge in [0.15, 0.2) is 0 Å². The predicted octanol–water partition coefficient (Wildman–Crippen LogP) is 4.08. The number of nitrogens with zero attached hydrogens (tertiary/aromatic N) is 1. The number of halogens is 1. The lowest BCUT2D eigenvalue weighted by Gasteiger charge is -2.27. The van der Waals surface area contributed by atoms with Crippen molar-refractivity contribution in [3.05, 3.63) is 28.3 Å². The highest BCUT2D eigenvalue weighted by atomic mass is 35.5. The predicted molar refractivity (Wildman–Crippen MR) is 93.8 cm³/mol. The normalized spacial score (nSPS) is 14.8. The van der Waals surface area contributed by atoms with Crippen LogP contribution < -0.4 is 5.32 Å². The van der Waals surface area contributed by atoms with Gasteiger partial charge >= 0.3 is 0 Å². The van der Waals surface area contributed by atoms with E-state index < -0.39 is 0 Å². The van der Waals surface area contributed by atoms with Crippen LogP contribution >= 0.6 is 11.6 Å². The lowest BCUT2D eigenvalue weighted by molar-refractivity contribution is -0.131. The van der Waals surface area contributed by atoms with Crippen molar-refractivity contribution in [2.75, 3.05) is 11.9 Å². The van der Waals surface area contributed by atoms with Crippen molar-refractivity contribution < 1.29 is 9.59 Å². The van der Waals surface area contributed by atoms with Gasteiger partial charge in [-0.15, -0.1) is 0 Å². The summed E-state index contributed by atoms with van der Waals surface area (Å²) in [5.74, 6) is -0.0580. The first-order chi connectivity index (χ1) is 10.9. The van der Waals surface area contributed by atoms with Crippen molar-refractivity contribution in [3.8, 4) is 0 Å². The second-order valence-corrected chi connectivity index (χ2v) is 6.79. The number of aryl methyl sites for hydroxylation is 2. The molecule has 1 saturated carbocycles. The summed E-state index contributed by atoms with van der Waals surface area (Å²) < 4.78 is 0. The Morgan fingerprint density at radius 2 is 1.91 bits per heavy atom. The number of carbonyl (C=O) groups is 2. The van der Waals surface area contributed by atoms with Crippen molar-refractivity contribution in [1.29, 1.82) is 0 Å². The fourth-order valence-corrected chi connectivity index (χ4v) is 3.68. The Kier molecular flexibility index (Phi) is 6.05. The Morgan fingerprint density at radius 3 is 2.48 bits per heavy atom. The summed E-state index contributed by atoms with van der Waals surface area (Å²) in [4.78, 5) is 25.9. The third kappa shape index (κ3) is 4.71. The second kappa shape index (κ2) is 7.82. The van der Waals surface area contributed by atoms with Gasteiger partial charge in [0.25, 0.3) is 0 Å². The van der Waals surface area contributed by atoms with E-state index in [1.54, 1.807) is 6.92 Å².